The summed E-state index contributed by atoms with van der Waals surface area (Å²) in [5, 5.41) is 13.0. The van der Waals surface area contributed by atoms with Gasteiger partial charge in [0.05, 0.1) is 21.8 Å². The number of aromatic hydroxyl groups is 1. The van der Waals surface area contributed by atoms with Crippen molar-refractivity contribution < 1.29 is 19.4 Å². The number of carbonyl (C=O) groups excluding carboxylic acids is 2. The van der Waals surface area contributed by atoms with Gasteiger partial charge in [0.1, 0.15) is 5.57 Å². The summed E-state index contributed by atoms with van der Waals surface area (Å²) in [6.45, 7) is 2.10. The van der Waals surface area contributed by atoms with Crippen molar-refractivity contribution in [1.29, 1.82) is 0 Å². The Labute approximate surface area is 190 Å². The fourth-order valence-corrected chi connectivity index (χ4v) is 3.87. The highest BCUT2D eigenvalue weighted by Gasteiger charge is 2.35. The van der Waals surface area contributed by atoms with Crippen LogP contribution in [0.5, 0.6) is 11.5 Å². The van der Waals surface area contributed by atoms with Crippen molar-refractivity contribution in [3.8, 4) is 11.5 Å². The lowest BCUT2D eigenvalue weighted by molar-refractivity contribution is -0.122. The highest BCUT2D eigenvalue weighted by Crippen LogP contribution is 2.37. The van der Waals surface area contributed by atoms with Gasteiger partial charge >= 0.3 is 0 Å². The van der Waals surface area contributed by atoms with E-state index in [1.165, 1.54) is 24.3 Å². The maximum absolute atomic E-state index is 13.1. The number of anilines is 1. The molecule has 1 fully saturated rings. The molecule has 2 N–H and O–H groups in total. The van der Waals surface area contributed by atoms with Crippen LogP contribution in [-0.2, 0) is 9.59 Å². The van der Waals surface area contributed by atoms with E-state index in [-0.39, 0.29) is 27.2 Å². The van der Waals surface area contributed by atoms with E-state index >= 15 is 0 Å². The fraction of sp³-hybridized carbons (Fsp3) is 0.105. The van der Waals surface area contributed by atoms with Crippen molar-refractivity contribution in [3.63, 3.8) is 0 Å². The third kappa shape index (κ3) is 4.40. The summed E-state index contributed by atoms with van der Waals surface area (Å²) in [6, 6.07) is 7.64. The number of hydrogen-bond donors (Lipinski definition) is 2. The second-order valence-electron chi connectivity index (χ2n) is 5.84. The van der Waals surface area contributed by atoms with E-state index in [1.54, 1.807) is 19.1 Å². The van der Waals surface area contributed by atoms with Crippen molar-refractivity contribution in [2.45, 2.75) is 6.92 Å². The number of rotatable bonds is 4. The molecule has 0 spiro atoms. The summed E-state index contributed by atoms with van der Waals surface area (Å²) in [6.07, 6.45) is 1.38. The summed E-state index contributed by atoms with van der Waals surface area (Å²) in [4.78, 5) is 26.6. The zero-order valence-corrected chi connectivity index (χ0v) is 18.7. The Hall–Kier alpha value is -2.13. The molecule has 6 nitrogen and oxygen atoms in total. The number of thiocarbonyl (C=S) groups is 1. The molecule has 1 saturated heterocycles. The minimum absolute atomic E-state index is 0.0795. The Morgan fingerprint density at radius 3 is 2.66 bits per heavy atom. The third-order valence-corrected chi connectivity index (χ3v) is 5.34. The van der Waals surface area contributed by atoms with E-state index in [4.69, 9.17) is 40.2 Å². The molecular formula is C19H13BrCl2N2O4S. The second kappa shape index (κ2) is 8.71. The van der Waals surface area contributed by atoms with Crippen LogP contribution in [-0.4, -0.2) is 28.6 Å². The normalized spacial score (nSPS) is 15.7. The first-order valence-electron chi connectivity index (χ1n) is 8.24. The summed E-state index contributed by atoms with van der Waals surface area (Å²) in [5.41, 5.74) is 0.593. The van der Waals surface area contributed by atoms with Gasteiger partial charge in [-0.2, -0.15) is 0 Å². The van der Waals surface area contributed by atoms with Gasteiger partial charge in [-0.15, -0.1) is 0 Å². The zero-order valence-electron chi connectivity index (χ0n) is 14.8. The Kier molecular flexibility index (Phi) is 6.48. The molecule has 0 unspecified atom stereocenters. The van der Waals surface area contributed by atoms with Crippen LogP contribution >= 0.6 is 51.3 Å². The molecule has 2 amide bonds. The largest absolute Gasteiger partial charge is 0.503 e. The van der Waals surface area contributed by atoms with E-state index in [9.17, 15) is 14.7 Å². The van der Waals surface area contributed by atoms with Crippen LogP contribution in [0.25, 0.3) is 6.08 Å². The number of phenolic OH excluding ortho intramolecular Hbond substituents is 1. The molecule has 10 heteroatoms. The lowest BCUT2D eigenvalue weighted by Crippen LogP contribution is -2.54. The molecule has 0 radical (unpaired) electrons. The van der Waals surface area contributed by atoms with Crippen molar-refractivity contribution in [2.75, 3.05) is 11.5 Å². The summed E-state index contributed by atoms with van der Waals surface area (Å²) < 4.78 is 5.73. The number of benzene rings is 2. The van der Waals surface area contributed by atoms with Crippen LogP contribution in [0, 0.1) is 0 Å². The Morgan fingerprint density at radius 2 is 2.00 bits per heavy atom. The topological polar surface area (TPSA) is 78.9 Å². The van der Waals surface area contributed by atoms with E-state index < -0.39 is 11.8 Å². The third-order valence-electron chi connectivity index (χ3n) is 3.91. The molecule has 0 bridgehead atoms. The number of nitrogens with zero attached hydrogens (tertiary/aromatic N) is 1. The van der Waals surface area contributed by atoms with Gasteiger partial charge in [0.25, 0.3) is 11.8 Å². The predicted molar refractivity (Wildman–Crippen MR) is 120 cm³/mol. The van der Waals surface area contributed by atoms with Gasteiger partial charge < -0.3 is 9.84 Å². The molecule has 0 atom stereocenters. The summed E-state index contributed by atoms with van der Waals surface area (Å²) in [5.74, 6) is -1.16. The second-order valence-corrected chi connectivity index (χ2v) is 7.92. The van der Waals surface area contributed by atoms with E-state index in [0.717, 1.165) is 4.90 Å². The van der Waals surface area contributed by atoms with Crippen molar-refractivity contribution in [2.24, 2.45) is 0 Å². The monoisotopic (exact) mass is 514 g/mol. The number of amides is 2. The SMILES string of the molecule is CCOc1cc(C=C2C(=O)NC(=S)N(c3ccc(Cl)cc3Cl)C2=O)cc(Br)c1O. The van der Waals surface area contributed by atoms with Crippen LogP contribution in [0.2, 0.25) is 10.0 Å². The highest BCUT2D eigenvalue weighted by atomic mass is 79.9. The molecule has 3 rings (SSSR count). The number of phenols is 1. The minimum atomic E-state index is -0.650. The molecule has 2 aromatic rings. The van der Waals surface area contributed by atoms with Gasteiger partial charge in [-0.3, -0.25) is 19.8 Å². The average Bonchev–Trinajstić information content (AvgIpc) is 2.64. The Bertz CT molecular complexity index is 1070. The maximum atomic E-state index is 13.1. The number of carbonyl (C=O) groups is 2. The van der Waals surface area contributed by atoms with Crippen LogP contribution in [0.4, 0.5) is 5.69 Å². The quantitative estimate of drug-likeness (QED) is 0.351. The molecule has 0 aromatic heterocycles. The molecule has 150 valence electrons. The van der Waals surface area contributed by atoms with Crippen LogP contribution in [0.1, 0.15) is 12.5 Å². The smallest absolute Gasteiger partial charge is 0.270 e. The lowest BCUT2D eigenvalue weighted by Gasteiger charge is -2.29. The minimum Gasteiger partial charge on any atom is -0.503 e. The standard InChI is InChI=1S/C19H13BrCl2N2O4S/c1-2-28-15-7-9(6-12(20)16(15)25)5-11-17(26)23-19(29)24(18(11)27)14-4-3-10(21)8-13(14)22/h3-8,25H,2H2,1H3,(H,23,26,29). The highest BCUT2D eigenvalue weighted by molar-refractivity contribution is 9.10. The van der Waals surface area contributed by atoms with Crippen molar-refractivity contribution in [1.82, 2.24) is 5.32 Å². The predicted octanol–water partition coefficient (Wildman–Crippen LogP) is 4.69. The zero-order chi connectivity index (χ0) is 21.3. The Morgan fingerprint density at radius 1 is 1.28 bits per heavy atom. The molecule has 2 aromatic carbocycles. The summed E-state index contributed by atoms with van der Waals surface area (Å²) >= 11 is 20.5. The molecule has 0 saturated carbocycles. The van der Waals surface area contributed by atoms with E-state index in [1.807, 2.05) is 0 Å². The van der Waals surface area contributed by atoms with E-state index in [2.05, 4.69) is 21.2 Å². The van der Waals surface area contributed by atoms with Crippen LogP contribution in [0.3, 0.4) is 0 Å². The van der Waals surface area contributed by atoms with Gasteiger partial charge in [-0.05, 0) is 77.0 Å². The number of halogens is 3. The fourth-order valence-electron chi connectivity index (χ4n) is 2.65. The van der Waals surface area contributed by atoms with Crippen LogP contribution < -0.4 is 15.0 Å². The van der Waals surface area contributed by atoms with Gasteiger partial charge in [0.15, 0.2) is 16.6 Å². The van der Waals surface area contributed by atoms with Gasteiger partial charge in [-0.25, -0.2) is 0 Å². The number of hydrogen-bond acceptors (Lipinski definition) is 5. The van der Waals surface area contributed by atoms with Crippen molar-refractivity contribution >= 4 is 80.0 Å². The number of ether oxygens (including phenoxy) is 1. The first kappa shape index (κ1) is 21.6. The molecule has 1 aliphatic heterocycles. The van der Waals surface area contributed by atoms with Gasteiger partial charge in [-0.1, -0.05) is 23.2 Å². The lowest BCUT2D eigenvalue weighted by atomic mass is 10.1. The molecular weight excluding hydrogens is 503 g/mol. The first-order valence-corrected chi connectivity index (χ1v) is 10.2. The van der Waals surface area contributed by atoms with Crippen LogP contribution in [0.15, 0.2) is 40.4 Å². The van der Waals surface area contributed by atoms with Gasteiger partial charge in [0, 0.05) is 5.02 Å². The van der Waals surface area contributed by atoms with Gasteiger partial charge in [0.2, 0.25) is 0 Å². The molecule has 1 heterocycles. The first-order chi connectivity index (χ1) is 13.7. The molecule has 0 aliphatic carbocycles. The maximum Gasteiger partial charge on any atom is 0.270 e. The Balaban J connectivity index is 2.06. The van der Waals surface area contributed by atoms with E-state index in [0.29, 0.717) is 27.4 Å². The van der Waals surface area contributed by atoms with Crippen molar-refractivity contribution in [3.05, 3.63) is 56.0 Å². The summed E-state index contributed by atoms with van der Waals surface area (Å²) in [7, 11) is 0. The average molecular weight is 516 g/mol. The molecule has 1 aliphatic rings. The number of nitrogens with one attached hydrogen (secondary N) is 1. The molecule has 29 heavy (non-hydrogen) atoms.